The molecule has 0 aliphatic heterocycles. The highest BCUT2D eigenvalue weighted by Crippen LogP contribution is 2.24. The highest BCUT2D eigenvalue weighted by Gasteiger charge is 2.15. The van der Waals surface area contributed by atoms with Crippen molar-refractivity contribution in [3.8, 4) is 0 Å². The fraction of sp³-hybridized carbons (Fsp3) is 0.211. The van der Waals surface area contributed by atoms with Crippen LogP contribution in [0.15, 0.2) is 47.4 Å². The van der Waals surface area contributed by atoms with Crippen molar-refractivity contribution in [2.75, 3.05) is 0 Å². The van der Waals surface area contributed by atoms with E-state index in [0.29, 0.717) is 12.1 Å². The summed E-state index contributed by atoms with van der Waals surface area (Å²) < 4.78 is 3.39. The van der Waals surface area contributed by atoms with Gasteiger partial charge in [-0.2, -0.15) is 5.10 Å². The van der Waals surface area contributed by atoms with Gasteiger partial charge in [-0.1, -0.05) is 29.8 Å². The summed E-state index contributed by atoms with van der Waals surface area (Å²) in [6, 6.07) is 12.1. The van der Waals surface area contributed by atoms with E-state index in [4.69, 9.17) is 0 Å². The topological polar surface area (TPSA) is 52.7 Å². The molecule has 3 heterocycles. The summed E-state index contributed by atoms with van der Waals surface area (Å²) in [5.74, 6) is 0. The lowest BCUT2D eigenvalue weighted by Gasteiger charge is -2.06. The number of fused-ring (bicyclic) bond motifs is 3. The van der Waals surface area contributed by atoms with Gasteiger partial charge in [0.05, 0.1) is 12.7 Å². The van der Waals surface area contributed by atoms with Crippen LogP contribution in [0.25, 0.3) is 21.9 Å². The van der Waals surface area contributed by atoms with Gasteiger partial charge in [0.1, 0.15) is 11.2 Å². The van der Waals surface area contributed by atoms with E-state index in [1.165, 1.54) is 10.2 Å². The van der Waals surface area contributed by atoms with Gasteiger partial charge in [0, 0.05) is 23.5 Å². The van der Waals surface area contributed by atoms with Crippen LogP contribution >= 0.6 is 0 Å². The Hall–Kier alpha value is -2.95. The summed E-state index contributed by atoms with van der Waals surface area (Å²) in [5.41, 5.74) is 4.54. The molecule has 0 saturated heterocycles. The maximum atomic E-state index is 12.9. The van der Waals surface area contributed by atoms with Gasteiger partial charge in [-0.15, -0.1) is 0 Å². The minimum Gasteiger partial charge on any atom is -0.324 e. The minimum atomic E-state index is -0.0906. The van der Waals surface area contributed by atoms with Gasteiger partial charge in [0.2, 0.25) is 0 Å². The van der Waals surface area contributed by atoms with E-state index in [0.717, 1.165) is 27.7 Å². The van der Waals surface area contributed by atoms with E-state index in [-0.39, 0.29) is 5.56 Å². The summed E-state index contributed by atoms with van der Waals surface area (Å²) in [6.07, 6.45) is 1.77. The van der Waals surface area contributed by atoms with Gasteiger partial charge >= 0.3 is 0 Å². The third-order valence-electron chi connectivity index (χ3n) is 4.39. The van der Waals surface area contributed by atoms with Gasteiger partial charge in [-0.3, -0.25) is 4.79 Å². The van der Waals surface area contributed by atoms with Crippen LogP contribution in [0.2, 0.25) is 0 Å². The lowest BCUT2D eigenvalue weighted by molar-refractivity contribution is 0.644. The Bertz CT molecular complexity index is 1140. The fourth-order valence-corrected chi connectivity index (χ4v) is 3.21. The zero-order valence-corrected chi connectivity index (χ0v) is 13.9. The van der Waals surface area contributed by atoms with Crippen LogP contribution in [0.1, 0.15) is 16.8 Å². The molecule has 4 rings (SSSR count). The first-order chi connectivity index (χ1) is 11.5. The molecule has 120 valence electrons. The van der Waals surface area contributed by atoms with Crippen molar-refractivity contribution in [1.29, 1.82) is 0 Å². The van der Waals surface area contributed by atoms with Crippen molar-refractivity contribution < 1.29 is 0 Å². The summed E-state index contributed by atoms with van der Waals surface area (Å²) >= 11 is 0. The number of hydrogen-bond acceptors (Lipinski definition) is 3. The lowest BCUT2D eigenvalue weighted by atomic mass is 10.1. The van der Waals surface area contributed by atoms with Crippen molar-refractivity contribution in [2.45, 2.75) is 20.4 Å². The van der Waals surface area contributed by atoms with Crippen LogP contribution in [0.3, 0.4) is 0 Å². The minimum absolute atomic E-state index is 0.0906. The number of pyridine rings is 1. The van der Waals surface area contributed by atoms with E-state index in [2.05, 4.69) is 16.1 Å². The first-order valence-electron chi connectivity index (χ1n) is 7.92. The molecule has 0 N–H and O–H groups in total. The monoisotopic (exact) mass is 318 g/mol. The molecular formula is C19H18N4O. The standard InChI is InChI=1S/C19H18N4O/c1-12-5-4-6-14(9-12)11-23-19(24)17-16(10-20-23)15-8-7-13(2)21-18(15)22(17)3/h4-10H,11H2,1-3H3. The van der Waals surface area contributed by atoms with Gasteiger partial charge in [-0.25, -0.2) is 9.67 Å². The first-order valence-corrected chi connectivity index (χ1v) is 7.92. The first kappa shape index (κ1) is 14.6. The molecular weight excluding hydrogens is 300 g/mol. The average molecular weight is 318 g/mol. The van der Waals surface area contributed by atoms with Crippen LogP contribution in [-0.4, -0.2) is 19.3 Å². The van der Waals surface area contributed by atoms with Gasteiger partial charge in [0.15, 0.2) is 0 Å². The van der Waals surface area contributed by atoms with Crippen molar-refractivity contribution >= 4 is 21.9 Å². The molecule has 1 aromatic carbocycles. The third-order valence-corrected chi connectivity index (χ3v) is 4.39. The number of aryl methyl sites for hydroxylation is 3. The highest BCUT2D eigenvalue weighted by atomic mass is 16.1. The van der Waals surface area contributed by atoms with Gasteiger partial charge in [-0.05, 0) is 31.5 Å². The zero-order valence-electron chi connectivity index (χ0n) is 13.9. The van der Waals surface area contributed by atoms with Gasteiger partial charge in [0.25, 0.3) is 5.56 Å². The van der Waals surface area contributed by atoms with E-state index < -0.39 is 0 Å². The SMILES string of the molecule is Cc1cccc(Cn2ncc3c4ccc(C)nc4n(C)c3c2=O)c1. The maximum absolute atomic E-state index is 12.9. The zero-order chi connectivity index (χ0) is 16.8. The molecule has 0 atom stereocenters. The molecule has 0 aliphatic carbocycles. The quantitative estimate of drug-likeness (QED) is 0.571. The summed E-state index contributed by atoms with van der Waals surface area (Å²) in [4.78, 5) is 17.5. The molecule has 5 nitrogen and oxygen atoms in total. The average Bonchev–Trinajstić information content (AvgIpc) is 2.83. The largest absolute Gasteiger partial charge is 0.324 e. The van der Waals surface area contributed by atoms with Crippen LogP contribution in [0, 0.1) is 13.8 Å². The third kappa shape index (κ3) is 2.21. The molecule has 0 saturated carbocycles. The number of hydrogen-bond donors (Lipinski definition) is 0. The Morgan fingerprint density at radius 2 is 1.92 bits per heavy atom. The molecule has 0 amide bonds. The Balaban J connectivity index is 1.93. The molecule has 0 fully saturated rings. The van der Waals surface area contributed by atoms with Crippen molar-refractivity contribution in [1.82, 2.24) is 19.3 Å². The van der Waals surface area contributed by atoms with E-state index in [1.807, 2.05) is 55.8 Å². The Kier molecular flexibility index (Phi) is 3.23. The van der Waals surface area contributed by atoms with E-state index in [9.17, 15) is 4.79 Å². The summed E-state index contributed by atoms with van der Waals surface area (Å²) in [7, 11) is 1.88. The normalized spacial score (nSPS) is 11.5. The molecule has 0 unspecified atom stereocenters. The van der Waals surface area contributed by atoms with Crippen molar-refractivity contribution in [2.24, 2.45) is 7.05 Å². The summed E-state index contributed by atoms with van der Waals surface area (Å²) in [6.45, 7) is 4.45. The fourth-order valence-electron chi connectivity index (χ4n) is 3.21. The smallest absolute Gasteiger partial charge is 0.291 e. The molecule has 0 radical (unpaired) electrons. The van der Waals surface area contributed by atoms with Crippen molar-refractivity contribution in [3.05, 3.63) is 69.8 Å². The molecule has 3 aromatic heterocycles. The highest BCUT2D eigenvalue weighted by molar-refractivity contribution is 6.05. The van der Waals surface area contributed by atoms with Crippen LogP contribution in [-0.2, 0) is 13.6 Å². The number of rotatable bonds is 2. The van der Waals surface area contributed by atoms with Crippen LogP contribution in [0.4, 0.5) is 0 Å². The molecule has 0 bridgehead atoms. The van der Waals surface area contributed by atoms with E-state index >= 15 is 0 Å². The lowest BCUT2D eigenvalue weighted by Crippen LogP contribution is -2.24. The summed E-state index contributed by atoms with van der Waals surface area (Å²) in [5, 5.41) is 6.20. The van der Waals surface area contributed by atoms with Gasteiger partial charge < -0.3 is 4.57 Å². The predicted octanol–water partition coefficient (Wildman–Crippen LogP) is 2.95. The Morgan fingerprint density at radius 3 is 2.71 bits per heavy atom. The number of nitrogens with zero attached hydrogens (tertiary/aromatic N) is 4. The predicted molar refractivity (Wildman–Crippen MR) is 95.3 cm³/mol. The molecule has 0 aliphatic rings. The maximum Gasteiger partial charge on any atom is 0.291 e. The Morgan fingerprint density at radius 1 is 1.08 bits per heavy atom. The molecule has 24 heavy (non-hydrogen) atoms. The number of aromatic nitrogens is 4. The number of benzene rings is 1. The van der Waals surface area contributed by atoms with Crippen LogP contribution < -0.4 is 5.56 Å². The second-order valence-electron chi connectivity index (χ2n) is 6.24. The second kappa shape index (κ2) is 5.30. The van der Waals surface area contributed by atoms with E-state index in [1.54, 1.807) is 6.20 Å². The Labute approximate surface area is 139 Å². The molecule has 4 aromatic rings. The van der Waals surface area contributed by atoms with Crippen molar-refractivity contribution in [3.63, 3.8) is 0 Å². The molecule has 0 spiro atoms. The molecule has 5 heteroatoms. The second-order valence-corrected chi connectivity index (χ2v) is 6.24. The van der Waals surface area contributed by atoms with Crippen LogP contribution in [0.5, 0.6) is 0 Å².